The van der Waals surface area contributed by atoms with Crippen molar-refractivity contribution in [2.24, 2.45) is 0 Å². The van der Waals surface area contributed by atoms with Crippen LogP contribution in [-0.4, -0.2) is 23.6 Å². The Bertz CT molecular complexity index is 456. The van der Waals surface area contributed by atoms with E-state index in [-0.39, 0.29) is 12.1 Å². The van der Waals surface area contributed by atoms with Crippen LogP contribution in [0.1, 0.15) is 44.6 Å². The average molecular weight is 287 g/mol. The maximum Gasteiger partial charge on any atom is 0.410 e. The molecule has 1 aromatic carbocycles. The van der Waals surface area contributed by atoms with Crippen LogP contribution in [0.3, 0.4) is 0 Å². The lowest BCUT2D eigenvalue weighted by Gasteiger charge is -2.24. The second kappa shape index (κ2) is 8.50. The summed E-state index contributed by atoms with van der Waals surface area (Å²) < 4.78 is 5.42. The van der Waals surface area contributed by atoms with Crippen molar-refractivity contribution in [3.8, 4) is 0 Å². The van der Waals surface area contributed by atoms with Gasteiger partial charge in [0.2, 0.25) is 0 Å². The zero-order valence-electron chi connectivity index (χ0n) is 12.8. The summed E-state index contributed by atoms with van der Waals surface area (Å²) >= 11 is 0. The largest absolute Gasteiger partial charge is 0.445 e. The van der Waals surface area contributed by atoms with Crippen LogP contribution in [0.5, 0.6) is 0 Å². The summed E-state index contributed by atoms with van der Waals surface area (Å²) in [4.78, 5) is 14.0. The van der Waals surface area contributed by atoms with Crippen LogP contribution in [-0.2, 0) is 11.3 Å². The van der Waals surface area contributed by atoms with Gasteiger partial charge in [-0.2, -0.15) is 0 Å². The highest BCUT2D eigenvalue weighted by atomic mass is 16.6. The molecule has 1 aromatic rings. The zero-order chi connectivity index (χ0) is 14.9. The molecule has 0 N–H and O–H groups in total. The van der Waals surface area contributed by atoms with Crippen molar-refractivity contribution < 1.29 is 9.53 Å². The lowest BCUT2D eigenvalue weighted by atomic mass is 10.1. The standard InChI is InChI=1S/C18H25NO2/c1-2-3-4-8-12-17-13-9-14-19(17)18(20)21-15-16-10-6-5-7-11-16/h5-7,9-11,13,17H,2-4,8,12,14-15H2,1H3. The number of carbonyl (C=O) groups excluding carboxylic acids is 1. The summed E-state index contributed by atoms with van der Waals surface area (Å²) in [7, 11) is 0. The minimum absolute atomic E-state index is 0.204. The monoisotopic (exact) mass is 287 g/mol. The number of benzene rings is 1. The van der Waals surface area contributed by atoms with Gasteiger partial charge >= 0.3 is 6.09 Å². The molecule has 1 heterocycles. The predicted octanol–water partition coefficient (Wildman–Crippen LogP) is 4.53. The fourth-order valence-electron chi connectivity index (χ4n) is 2.62. The molecule has 1 amide bonds. The first kappa shape index (κ1) is 15.6. The molecule has 1 atom stereocenters. The van der Waals surface area contributed by atoms with E-state index in [1.54, 1.807) is 0 Å². The minimum Gasteiger partial charge on any atom is -0.445 e. The average Bonchev–Trinajstić information content (AvgIpc) is 2.99. The van der Waals surface area contributed by atoms with E-state index >= 15 is 0 Å². The normalized spacial score (nSPS) is 17.2. The van der Waals surface area contributed by atoms with Gasteiger partial charge in [0, 0.05) is 6.54 Å². The van der Waals surface area contributed by atoms with Crippen LogP contribution in [0.15, 0.2) is 42.5 Å². The van der Waals surface area contributed by atoms with E-state index in [4.69, 9.17) is 4.74 Å². The molecule has 0 aromatic heterocycles. The van der Waals surface area contributed by atoms with Gasteiger partial charge in [-0.25, -0.2) is 4.79 Å². The molecule has 0 saturated carbocycles. The summed E-state index contributed by atoms with van der Waals surface area (Å²) in [5.41, 5.74) is 1.03. The lowest BCUT2D eigenvalue weighted by molar-refractivity contribution is 0.0935. The third kappa shape index (κ3) is 4.92. The molecule has 1 unspecified atom stereocenters. The smallest absolute Gasteiger partial charge is 0.410 e. The molecular formula is C18H25NO2. The lowest BCUT2D eigenvalue weighted by Crippen LogP contribution is -2.36. The maximum absolute atomic E-state index is 12.2. The van der Waals surface area contributed by atoms with Gasteiger partial charge in [-0.1, -0.05) is 75.1 Å². The fraction of sp³-hybridized carbons (Fsp3) is 0.500. The van der Waals surface area contributed by atoms with Crippen molar-refractivity contribution in [2.45, 2.75) is 51.7 Å². The van der Waals surface area contributed by atoms with Gasteiger partial charge in [-0.05, 0) is 12.0 Å². The van der Waals surface area contributed by atoms with Gasteiger partial charge in [0.25, 0.3) is 0 Å². The van der Waals surface area contributed by atoms with E-state index < -0.39 is 0 Å². The summed E-state index contributed by atoms with van der Waals surface area (Å²) in [5.74, 6) is 0. The number of amides is 1. The molecule has 0 saturated heterocycles. The van der Waals surface area contributed by atoms with E-state index in [1.165, 1.54) is 25.7 Å². The molecule has 0 aliphatic carbocycles. The molecule has 3 nitrogen and oxygen atoms in total. The highest BCUT2D eigenvalue weighted by Gasteiger charge is 2.25. The van der Waals surface area contributed by atoms with Crippen molar-refractivity contribution in [2.75, 3.05) is 6.54 Å². The van der Waals surface area contributed by atoms with Gasteiger partial charge in [0.1, 0.15) is 6.61 Å². The van der Waals surface area contributed by atoms with Gasteiger partial charge in [0.15, 0.2) is 0 Å². The molecule has 0 radical (unpaired) electrons. The molecule has 2 rings (SSSR count). The van der Waals surface area contributed by atoms with E-state index in [1.807, 2.05) is 35.2 Å². The molecule has 0 bridgehead atoms. The zero-order valence-corrected chi connectivity index (χ0v) is 12.8. The van der Waals surface area contributed by atoms with Gasteiger partial charge < -0.3 is 4.74 Å². The number of unbranched alkanes of at least 4 members (excludes halogenated alkanes) is 3. The Morgan fingerprint density at radius 1 is 1.24 bits per heavy atom. The molecule has 3 heteroatoms. The first-order valence-electron chi connectivity index (χ1n) is 7.95. The number of hydrogen-bond acceptors (Lipinski definition) is 2. The molecule has 114 valence electrons. The van der Waals surface area contributed by atoms with E-state index in [0.29, 0.717) is 13.2 Å². The van der Waals surface area contributed by atoms with Crippen molar-refractivity contribution in [3.63, 3.8) is 0 Å². The molecule has 0 fully saturated rings. The second-order valence-electron chi connectivity index (χ2n) is 5.54. The van der Waals surface area contributed by atoms with Crippen molar-refractivity contribution in [1.29, 1.82) is 0 Å². The second-order valence-corrected chi connectivity index (χ2v) is 5.54. The fourth-order valence-corrected chi connectivity index (χ4v) is 2.62. The van der Waals surface area contributed by atoms with Crippen LogP contribution >= 0.6 is 0 Å². The number of hydrogen-bond donors (Lipinski definition) is 0. The van der Waals surface area contributed by atoms with Crippen LogP contribution < -0.4 is 0 Å². The maximum atomic E-state index is 12.2. The number of rotatable bonds is 7. The minimum atomic E-state index is -0.204. The molecular weight excluding hydrogens is 262 g/mol. The Balaban J connectivity index is 1.75. The van der Waals surface area contributed by atoms with Crippen molar-refractivity contribution in [1.82, 2.24) is 4.90 Å². The topological polar surface area (TPSA) is 29.5 Å². The third-order valence-corrected chi connectivity index (χ3v) is 3.85. The molecule has 0 spiro atoms. The van der Waals surface area contributed by atoms with Crippen LogP contribution in [0.4, 0.5) is 4.79 Å². The van der Waals surface area contributed by atoms with Gasteiger partial charge in [-0.3, -0.25) is 4.90 Å². The summed E-state index contributed by atoms with van der Waals surface area (Å²) in [6.07, 6.45) is 9.96. The first-order chi connectivity index (χ1) is 10.3. The highest BCUT2D eigenvalue weighted by Crippen LogP contribution is 2.18. The summed E-state index contributed by atoms with van der Waals surface area (Å²) in [6, 6.07) is 10.0. The van der Waals surface area contributed by atoms with Crippen molar-refractivity contribution in [3.05, 3.63) is 48.0 Å². The molecule has 1 aliphatic rings. The van der Waals surface area contributed by atoms with Crippen LogP contribution in [0.2, 0.25) is 0 Å². The number of ether oxygens (including phenoxy) is 1. The Morgan fingerprint density at radius 2 is 2.05 bits per heavy atom. The Hall–Kier alpha value is -1.77. The number of carbonyl (C=O) groups is 1. The quantitative estimate of drug-likeness (QED) is 0.544. The SMILES string of the molecule is CCCCCCC1C=CCN1C(=O)OCc1ccccc1. The summed E-state index contributed by atoms with van der Waals surface area (Å²) in [6.45, 7) is 3.23. The Morgan fingerprint density at radius 3 is 2.81 bits per heavy atom. The van der Waals surface area contributed by atoms with Crippen molar-refractivity contribution >= 4 is 6.09 Å². The summed E-state index contributed by atoms with van der Waals surface area (Å²) in [5, 5.41) is 0. The highest BCUT2D eigenvalue weighted by molar-refractivity contribution is 5.69. The van der Waals surface area contributed by atoms with E-state index in [0.717, 1.165) is 12.0 Å². The Kier molecular flexibility index (Phi) is 6.32. The third-order valence-electron chi connectivity index (χ3n) is 3.85. The Labute approximate surface area is 127 Å². The first-order valence-corrected chi connectivity index (χ1v) is 7.95. The molecule has 1 aliphatic heterocycles. The number of nitrogens with zero attached hydrogens (tertiary/aromatic N) is 1. The van der Waals surface area contributed by atoms with Gasteiger partial charge in [0.05, 0.1) is 6.04 Å². The van der Waals surface area contributed by atoms with E-state index in [9.17, 15) is 4.79 Å². The van der Waals surface area contributed by atoms with Gasteiger partial charge in [-0.15, -0.1) is 0 Å². The molecule has 21 heavy (non-hydrogen) atoms. The van der Waals surface area contributed by atoms with Crippen LogP contribution in [0, 0.1) is 0 Å². The van der Waals surface area contributed by atoms with E-state index in [2.05, 4.69) is 19.1 Å². The predicted molar refractivity (Wildman–Crippen MR) is 85.0 cm³/mol. The van der Waals surface area contributed by atoms with Crippen LogP contribution in [0.25, 0.3) is 0 Å².